The van der Waals surface area contributed by atoms with Gasteiger partial charge in [0.05, 0.1) is 7.11 Å². The van der Waals surface area contributed by atoms with Crippen LogP contribution in [0.15, 0.2) is 12.3 Å². The minimum atomic E-state index is -0.0459. The molecule has 0 amide bonds. The summed E-state index contributed by atoms with van der Waals surface area (Å²) in [4.78, 5) is 13.5. The average Bonchev–Trinajstić information content (AvgIpc) is 2.46. The Hall–Kier alpha value is -1.40. The lowest BCUT2D eigenvalue weighted by Crippen LogP contribution is -2.46. The molecule has 1 saturated heterocycles. The van der Waals surface area contributed by atoms with Gasteiger partial charge in [-0.1, -0.05) is 0 Å². The highest BCUT2D eigenvalue weighted by atomic mass is 16.5. The van der Waals surface area contributed by atoms with Crippen LogP contribution in [0.3, 0.4) is 0 Å². The van der Waals surface area contributed by atoms with Gasteiger partial charge in [0.2, 0.25) is 11.8 Å². The molecule has 2 rings (SSSR count). The second-order valence-electron chi connectivity index (χ2n) is 6.33. The number of nitrogens with zero attached hydrogens (tertiary/aromatic N) is 4. The van der Waals surface area contributed by atoms with Crippen LogP contribution in [-0.4, -0.2) is 72.2 Å². The Bertz CT molecular complexity index is 443. The van der Waals surface area contributed by atoms with E-state index < -0.39 is 0 Å². The van der Waals surface area contributed by atoms with Crippen molar-refractivity contribution < 1.29 is 4.74 Å². The number of aromatic nitrogens is 2. The van der Waals surface area contributed by atoms with Crippen LogP contribution in [0.5, 0.6) is 5.88 Å². The summed E-state index contributed by atoms with van der Waals surface area (Å²) in [6.45, 7) is 10.1. The molecular weight excluding hydrogens is 266 g/mol. The third-order valence-corrected chi connectivity index (χ3v) is 3.94. The zero-order valence-electron chi connectivity index (χ0n) is 13.6. The first-order valence-corrected chi connectivity index (χ1v) is 7.55. The molecule has 6 heteroatoms. The number of piperazine rings is 1. The summed E-state index contributed by atoms with van der Waals surface area (Å²) >= 11 is 0. The lowest BCUT2D eigenvalue weighted by Gasteiger charge is -2.35. The highest BCUT2D eigenvalue weighted by molar-refractivity contribution is 5.30. The van der Waals surface area contributed by atoms with Crippen LogP contribution >= 0.6 is 0 Å². The van der Waals surface area contributed by atoms with Gasteiger partial charge in [-0.3, -0.25) is 0 Å². The smallest absolute Gasteiger partial charge is 0.226 e. The van der Waals surface area contributed by atoms with Crippen LogP contribution in [0.4, 0.5) is 5.95 Å². The highest BCUT2D eigenvalue weighted by Gasteiger charge is 2.21. The fraction of sp³-hybridized carbons (Fsp3) is 0.733. The summed E-state index contributed by atoms with van der Waals surface area (Å²) in [5.41, 5.74) is -0.0459. The lowest BCUT2D eigenvalue weighted by molar-refractivity contribution is 0.147. The quantitative estimate of drug-likeness (QED) is 0.853. The lowest BCUT2D eigenvalue weighted by atomic mass is 10.0. The van der Waals surface area contributed by atoms with Gasteiger partial charge in [-0.15, -0.1) is 0 Å². The first-order valence-electron chi connectivity index (χ1n) is 7.55. The number of ether oxygens (including phenoxy) is 1. The number of anilines is 1. The number of methoxy groups -OCH3 is 1. The Morgan fingerprint density at radius 2 is 2.00 bits per heavy atom. The summed E-state index contributed by atoms with van der Waals surface area (Å²) in [6.07, 6.45) is 2.77. The normalized spacial score (nSPS) is 17.7. The standard InChI is InChI=1S/C15H27N5O/c1-15(2,6-8-20-11-9-19(3)10-12-20)18-14-16-7-5-13(17-14)21-4/h5,7H,6,8-12H2,1-4H3,(H,16,17,18). The third-order valence-electron chi connectivity index (χ3n) is 3.94. The summed E-state index contributed by atoms with van der Waals surface area (Å²) in [6, 6.07) is 1.75. The number of hydrogen-bond donors (Lipinski definition) is 1. The van der Waals surface area contributed by atoms with Crippen LogP contribution in [0.2, 0.25) is 0 Å². The number of nitrogens with one attached hydrogen (secondary N) is 1. The molecule has 1 N–H and O–H groups in total. The van der Waals surface area contributed by atoms with E-state index in [9.17, 15) is 0 Å². The van der Waals surface area contributed by atoms with Crippen molar-refractivity contribution in [2.45, 2.75) is 25.8 Å². The minimum Gasteiger partial charge on any atom is -0.481 e. The van der Waals surface area contributed by atoms with E-state index in [4.69, 9.17) is 4.74 Å². The molecule has 0 unspecified atom stereocenters. The van der Waals surface area contributed by atoms with Crippen molar-refractivity contribution in [3.05, 3.63) is 12.3 Å². The first-order chi connectivity index (χ1) is 9.98. The third kappa shape index (κ3) is 5.13. The van der Waals surface area contributed by atoms with Gasteiger partial charge in [-0.2, -0.15) is 4.98 Å². The van der Waals surface area contributed by atoms with Gasteiger partial charge in [0.25, 0.3) is 0 Å². The molecule has 0 atom stereocenters. The second kappa shape index (κ2) is 7.04. The Balaban J connectivity index is 1.83. The second-order valence-corrected chi connectivity index (χ2v) is 6.33. The van der Waals surface area contributed by atoms with Gasteiger partial charge in [0.1, 0.15) is 0 Å². The fourth-order valence-electron chi connectivity index (χ4n) is 2.39. The molecule has 0 spiro atoms. The van der Waals surface area contributed by atoms with Crippen molar-refractivity contribution in [2.75, 3.05) is 52.2 Å². The number of hydrogen-bond acceptors (Lipinski definition) is 6. The van der Waals surface area contributed by atoms with E-state index in [1.165, 1.54) is 0 Å². The van der Waals surface area contributed by atoms with Crippen LogP contribution in [0, 0.1) is 0 Å². The molecule has 0 radical (unpaired) electrons. The zero-order valence-corrected chi connectivity index (χ0v) is 13.6. The van der Waals surface area contributed by atoms with E-state index in [0.717, 1.165) is 39.1 Å². The van der Waals surface area contributed by atoms with Gasteiger partial charge >= 0.3 is 0 Å². The molecule has 1 aromatic heterocycles. The molecule has 6 nitrogen and oxygen atoms in total. The van der Waals surface area contributed by atoms with E-state index in [2.05, 4.69) is 46.0 Å². The van der Waals surface area contributed by atoms with Gasteiger partial charge in [0.15, 0.2) is 0 Å². The van der Waals surface area contributed by atoms with Gasteiger partial charge in [-0.25, -0.2) is 4.98 Å². The van der Waals surface area contributed by atoms with E-state index in [0.29, 0.717) is 11.8 Å². The predicted molar refractivity (Wildman–Crippen MR) is 84.8 cm³/mol. The van der Waals surface area contributed by atoms with Crippen molar-refractivity contribution in [1.29, 1.82) is 0 Å². The van der Waals surface area contributed by atoms with Crippen LogP contribution in [-0.2, 0) is 0 Å². The van der Waals surface area contributed by atoms with Crippen molar-refractivity contribution in [1.82, 2.24) is 19.8 Å². The summed E-state index contributed by atoms with van der Waals surface area (Å²) in [5, 5.41) is 3.40. The molecule has 0 aromatic carbocycles. The molecule has 21 heavy (non-hydrogen) atoms. The number of likely N-dealkylation sites (N-methyl/N-ethyl adjacent to an activating group) is 1. The molecule has 118 valence electrons. The Labute approximate surface area is 127 Å². The zero-order chi connectivity index (χ0) is 15.3. The van der Waals surface area contributed by atoms with E-state index >= 15 is 0 Å². The van der Waals surface area contributed by atoms with E-state index in [-0.39, 0.29) is 5.54 Å². The van der Waals surface area contributed by atoms with Crippen molar-refractivity contribution in [2.24, 2.45) is 0 Å². The summed E-state index contributed by atoms with van der Waals surface area (Å²) < 4.78 is 5.13. The van der Waals surface area contributed by atoms with Gasteiger partial charge < -0.3 is 19.9 Å². The van der Waals surface area contributed by atoms with Crippen LogP contribution < -0.4 is 10.1 Å². The molecular formula is C15H27N5O. The van der Waals surface area contributed by atoms with E-state index in [1.807, 2.05) is 0 Å². The maximum atomic E-state index is 5.13. The first kappa shape index (κ1) is 16.0. The molecule has 1 aromatic rings. The molecule has 0 aliphatic carbocycles. The molecule has 0 saturated carbocycles. The van der Waals surface area contributed by atoms with Crippen LogP contribution in [0.1, 0.15) is 20.3 Å². The average molecular weight is 293 g/mol. The Morgan fingerprint density at radius 3 is 2.67 bits per heavy atom. The molecule has 0 bridgehead atoms. The SMILES string of the molecule is COc1ccnc(NC(C)(C)CCN2CCN(C)CC2)n1. The Morgan fingerprint density at radius 1 is 1.29 bits per heavy atom. The van der Waals surface area contributed by atoms with Crippen molar-refractivity contribution in [3.63, 3.8) is 0 Å². The van der Waals surface area contributed by atoms with Gasteiger partial charge in [0, 0.05) is 50.5 Å². The maximum Gasteiger partial charge on any atom is 0.226 e. The monoisotopic (exact) mass is 293 g/mol. The summed E-state index contributed by atoms with van der Waals surface area (Å²) in [5.74, 6) is 1.21. The maximum absolute atomic E-state index is 5.13. The molecule has 1 aliphatic heterocycles. The van der Waals surface area contributed by atoms with Crippen LogP contribution in [0.25, 0.3) is 0 Å². The van der Waals surface area contributed by atoms with Crippen molar-refractivity contribution in [3.8, 4) is 5.88 Å². The molecule has 2 heterocycles. The minimum absolute atomic E-state index is 0.0459. The largest absolute Gasteiger partial charge is 0.481 e. The van der Waals surface area contributed by atoms with Crippen molar-refractivity contribution >= 4 is 5.95 Å². The molecule has 1 aliphatic rings. The highest BCUT2D eigenvalue weighted by Crippen LogP contribution is 2.17. The summed E-state index contributed by atoms with van der Waals surface area (Å²) in [7, 11) is 3.80. The predicted octanol–water partition coefficient (Wildman–Crippen LogP) is 1.31. The molecule has 1 fully saturated rings. The fourth-order valence-corrected chi connectivity index (χ4v) is 2.39. The topological polar surface area (TPSA) is 53.5 Å². The van der Waals surface area contributed by atoms with Gasteiger partial charge in [-0.05, 0) is 27.3 Å². The Kier molecular flexibility index (Phi) is 5.36. The number of rotatable bonds is 6. The van der Waals surface area contributed by atoms with E-state index in [1.54, 1.807) is 19.4 Å².